The van der Waals surface area contributed by atoms with Gasteiger partial charge in [-0.3, -0.25) is 4.79 Å². The molecule has 2 N–H and O–H groups in total. The summed E-state index contributed by atoms with van der Waals surface area (Å²) in [5, 5.41) is 9.35. The van der Waals surface area contributed by atoms with Gasteiger partial charge in [-0.25, -0.2) is 5.43 Å². The van der Waals surface area contributed by atoms with Crippen LogP contribution in [-0.4, -0.2) is 18.7 Å². The second-order valence-corrected chi connectivity index (χ2v) is 6.14. The van der Waals surface area contributed by atoms with Gasteiger partial charge in [0.25, 0.3) is 5.91 Å². The number of nitrogens with one attached hydrogen (secondary N) is 2. The Morgan fingerprint density at radius 2 is 1.83 bits per heavy atom. The van der Waals surface area contributed by atoms with Crippen LogP contribution in [0.5, 0.6) is 0 Å². The summed E-state index contributed by atoms with van der Waals surface area (Å²) in [6.07, 6.45) is 1.61. The van der Waals surface area contributed by atoms with Gasteiger partial charge in [0.1, 0.15) is 0 Å². The zero-order valence-corrected chi connectivity index (χ0v) is 14.5. The second kappa shape index (κ2) is 7.75. The molecule has 0 spiro atoms. The Kier molecular flexibility index (Phi) is 5.23. The highest BCUT2D eigenvalue weighted by Crippen LogP contribution is 2.22. The van der Waals surface area contributed by atoms with E-state index in [-0.39, 0.29) is 12.5 Å². The van der Waals surface area contributed by atoms with Crippen molar-refractivity contribution in [1.29, 1.82) is 0 Å². The molecule has 0 aromatic heterocycles. The van der Waals surface area contributed by atoms with Gasteiger partial charge in [-0.15, -0.1) is 0 Å². The van der Waals surface area contributed by atoms with Crippen molar-refractivity contribution in [3.8, 4) is 0 Å². The number of hydrazone groups is 1. The quantitative estimate of drug-likeness (QED) is 0.514. The van der Waals surface area contributed by atoms with E-state index in [4.69, 9.17) is 0 Å². The van der Waals surface area contributed by atoms with E-state index in [0.29, 0.717) is 0 Å². The normalized spacial score (nSPS) is 10.9. The Balaban J connectivity index is 1.57. The number of carbonyl (C=O) groups is 1. The standard InChI is InChI=1S/C19H16BrN3O/c20-16-8-3-5-14(11-16)12-22-23-19(24)13-21-18-10-4-7-15-6-1-2-9-17(15)18/h1-12,21H,13H2,(H,23,24). The first-order valence-corrected chi connectivity index (χ1v) is 8.31. The van der Waals surface area contributed by atoms with Crippen molar-refractivity contribution < 1.29 is 4.79 Å². The Bertz CT molecular complexity index is 887. The number of halogens is 1. The van der Waals surface area contributed by atoms with Crippen LogP contribution in [0.3, 0.4) is 0 Å². The van der Waals surface area contributed by atoms with E-state index in [1.165, 1.54) is 0 Å². The van der Waals surface area contributed by atoms with Gasteiger partial charge in [0.2, 0.25) is 0 Å². The van der Waals surface area contributed by atoms with E-state index < -0.39 is 0 Å². The van der Waals surface area contributed by atoms with Crippen LogP contribution in [0.4, 0.5) is 5.69 Å². The average Bonchev–Trinajstić information content (AvgIpc) is 2.60. The molecule has 0 unspecified atom stereocenters. The van der Waals surface area contributed by atoms with Gasteiger partial charge in [0.05, 0.1) is 12.8 Å². The van der Waals surface area contributed by atoms with Crippen molar-refractivity contribution in [1.82, 2.24) is 5.43 Å². The molecule has 3 rings (SSSR count). The third-order valence-corrected chi connectivity index (χ3v) is 3.97. The molecular weight excluding hydrogens is 366 g/mol. The third-order valence-electron chi connectivity index (χ3n) is 3.48. The molecule has 4 nitrogen and oxygen atoms in total. The lowest BCUT2D eigenvalue weighted by Gasteiger charge is -2.08. The first-order chi connectivity index (χ1) is 11.7. The maximum Gasteiger partial charge on any atom is 0.259 e. The molecule has 0 aliphatic carbocycles. The molecular formula is C19H16BrN3O. The molecule has 0 aliphatic heterocycles. The van der Waals surface area contributed by atoms with Crippen LogP contribution in [-0.2, 0) is 4.79 Å². The summed E-state index contributed by atoms with van der Waals surface area (Å²) in [6.45, 7) is 0.157. The van der Waals surface area contributed by atoms with Gasteiger partial charge < -0.3 is 5.32 Å². The van der Waals surface area contributed by atoms with E-state index in [9.17, 15) is 4.79 Å². The lowest BCUT2D eigenvalue weighted by molar-refractivity contribution is -0.119. The number of carbonyl (C=O) groups excluding carboxylic acids is 1. The zero-order chi connectivity index (χ0) is 16.8. The Morgan fingerprint density at radius 3 is 2.71 bits per heavy atom. The zero-order valence-electron chi connectivity index (χ0n) is 12.9. The highest BCUT2D eigenvalue weighted by atomic mass is 79.9. The van der Waals surface area contributed by atoms with Gasteiger partial charge in [-0.2, -0.15) is 5.10 Å². The number of rotatable bonds is 5. The van der Waals surface area contributed by atoms with Gasteiger partial charge in [-0.05, 0) is 29.1 Å². The molecule has 24 heavy (non-hydrogen) atoms. The molecule has 1 amide bonds. The number of benzene rings is 3. The molecule has 0 saturated carbocycles. The van der Waals surface area contributed by atoms with E-state index in [1.807, 2.05) is 66.7 Å². The molecule has 0 heterocycles. The monoisotopic (exact) mass is 381 g/mol. The fourth-order valence-corrected chi connectivity index (χ4v) is 2.78. The fourth-order valence-electron chi connectivity index (χ4n) is 2.36. The van der Waals surface area contributed by atoms with Crippen LogP contribution in [0, 0.1) is 0 Å². The van der Waals surface area contributed by atoms with Gasteiger partial charge in [0, 0.05) is 15.5 Å². The second-order valence-electron chi connectivity index (χ2n) is 5.23. The predicted octanol–water partition coefficient (Wildman–Crippen LogP) is 4.16. The smallest absolute Gasteiger partial charge is 0.259 e. The summed E-state index contributed by atoms with van der Waals surface area (Å²) < 4.78 is 0.968. The van der Waals surface area contributed by atoms with E-state index in [1.54, 1.807) is 6.21 Å². The molecule has 0 fully saturated rings. The minimum atomic E-state index is -0.200. The van der Waals surface area contributed by atoms with Crippen LogP contribution >= 0.6 is 15.9 Å². The molecule has 3 aromatic rings. The molecule has 0 radical (unpaired) electrons. The largest absolute Gasteiger partial charge is 0.376 e. The van der Waals surface area contributed by atoms with Crippen LogP contribution in [0.1, 0.15) is 5.56 Å². The maximum absolute atomic E-state index is 11.9. The summed E-state index contributed by atoms with van der Waals surface area (Å²) in [6, 6.07) is 21.7. The van der Waals surface area contributed by atoms with E-state index >= 15 is 0 Å². The highest BCUT2D eigenvalue weighted by Gasteiger charge is 2.03. The number of anilines is 1. The number of hydrogen-bond donors (Lipinski definition) is 2. The third kappa shape index (κ3) is 4.20. The van der Waals surface area contributed by atoms with Gasteiger partial charge in [-0.1, -0.05) is 64.5 Å². The number of fused-ring (bicyclic) bond motifs is 1. The summed E-state index contributed by atoms with van der Waals surface area (Å²) in [5.41, 5.74) is 4.36. The SMILES string of the molecule is O=C(CNc1cccc2ccccc12)NN=Cc1cccc(Br)c1. The summed E-state index contributed by atoms with van der Waals surface area (Å²) in [4.78, 5) is 11.9. The first-order valence-electron chi connectivity index (χ1n) is 7.51. The number of hydrogen-bond acceptors (Lipinski definition) is 3. The van der Waals surface area contributed by atoms with Crippen LogP contribution in [0.15, 0.2) is 76.3 Å². The van der Waals surface area contributed by atoms with Crippen molar-refractivity contribution in [2.45, 2.75) is 0 Å². The Morgan fingerprint density at radius 1 is 1.04 bits per heavy atom. The van der Waals surface area contributed by atoms with Crippen LogP contribution in [0.25, 0.3) is 10.8 Å². The molecule has 0 aliphatic rings. The Hall–Kier alpha value is -2.66. The lowest BCUT2D eigenvalue weighted by atomic mass is 10.1. The molecule has 120 valence electrons. The fraction of sp³-hybridized carbons (Fsp3) is 0.0526. The van der Waals surface area contributed by atoms with Crippen molar-refractivity contribution in [3.63, 3.8) is 0 Å². The maximum atomic E-state index is 11.9. The van der Waals surface area contributed by atoms with Crippen LogP contribution in [0.2, 0.25) is 0 Å². The van der Waals surface area contributed by atoms with E-state index in [0.717, 1.165) is 26.5 Å². The molecule has 0 saturated heterocycles. The van der Waals surface area contributed by atoms with Gasteiger partial charge in [0.15, 0.2) is 0 Å². The van der Waals surface area contributed by atoms with Gasteiger partial charge >= 0.3 is 0 Å². The lowest BCUT2D eigenvalue weighted by Crippen LogP contribution is -2.25. The van der Waals surface area contributed by atoms with Crippen molar-refractivity contribution in [2.75, 3.05) is 11.9 Å². The summed E-state index contributed by atoms with van der Waals surface area (Å²) in [7, 11) is 0. The molecule has 5 heteroatoms. The average molecular weight is 382 g/mol. The first kappa shape index (κ1) is 16.2. The minimum Gasteiger partial charge on any atom is -0.376 e. The molecule has 3 aromatic carbocycles. The highest BCUT2D eigenvalue weighted by molar-refractivity contribution is 9.10. The number of amides is 1. The number of nitrogens with zero attached hydrogens (tertiary/aromatic N) is 1. The van der Waals surface area contributed by atoms with Crippen molar-refractivity contribution >= 4 is 44.5 Å². The summed E-state index contributed by atoms with van der Waals surface area (Å²) >= 11 is 3.39. The minimum absolute atomic E-state index is 0.157. The van der Waals surface area contributed by atoms with Crippen molar-refractivity contribution in [2.24, 2.45) is 5.10 Å². The van der Waals surface area contributed by atoms with E-state index in [2.05, 4.69) is 31.8 Å². The predicted molar refractivity (Wildman–Crippen MR) is 102 cm³/mol. The molecule has 0 atom stereocenters. The Labute approximate surface area is 148 Å². The molecule has 0 bridgehead atoms. The topological polar surface area (TPSA) is 53.5 Å². The summed E-state index contributed by atoms with van der Waals surface area (Å²) in [5.74, 6) is -0.200. The van der Waals surface area contributed by atoms with Crippen molar-refractivity contribution in [3.05, 3.63) is 76.8 Å². The van der Waals surface area contributed by atoms with Crippen LogP contribution < -0.4 is 10.7 Å².